The lowest BCUT2D eigenvalue weighted by Gasteiger charge is -2.18. The van der Waals surface area contributed by atoms with E-state index in [1.54, 1.807) is 6.08 Å². The van der Waals surface area contributed by atoms with Crippen molar-refractivity contribution >= 4 is 11.9 Å². The van der Waals surface area contributed by atoms with Crippen molar-refractivity contribution in [2.45, 2.75) is 6.42 Å². The Balaban J connectivity index is 1.70. The minimum atomic E-state index is -0.453. The van der Waals surface area contributed by atoms with Crippen molar-refractivity contribution < 1.29 is 23.4 Å². The second kappa shape index (κ2) is 6.00. The molecule has 0 spiro atoms. The summed E-state index contributed by atoms with van der Waals surface area (Å²) in [6.45, 7) is 1.42. The van der Waals surface area contributed by atoms with E-state index in [9.17, 15) is 9.18 Å². The lowest BCUT2D eigenvalue weighted by atomic mass is 9.99. The molecule has 2 heterocycles. The molecule has 4 rings (SSSR count). The fourth-order valence-electron chi connectivity index (χ4n) is 2.85. The summed E-state index contributed by atoms with van der Waals surface area (Å²) in [7, 11) is 0. The number of Topliss-reactive ketones (excluding diaryl/α,β-unsaturated/α-hetero) is 1. The maximum absolute atomic E-state index is 13.5. The first kappa shape index (κ1) is 14.8. The van der Waals surface area contributed by atoms with E-state index < -0.39 is 5.82 Å². The number of carbonyl (C=O) groups excluding carboxylic acids is 1. The average molecular weight is 326 g/mol. The van der Waals surface area contributed by atoms with Crippen LogP contribution in [0.4, 0.5) is 4.39 Å². The monoisotopic (exact) mass is 326 g/mol. The second-order valence-corrected chi connectivity index (χ2v) is 5.64. The Hall–Kier alpha value is -2.82. The molecule has 0 aromatic heterocycles. The van der Waals surface area contributed by atoms with E-state index in [1.807, 2.05) is 18.2 Å². The third kappa shape index (κ3) is 2.73. The summed E-state index contributed by atoms with van der Waals surface area (Å²) in [5.41, 5.74) is 1.68. The molecule has 0 saturated heterocycles. The van der Waals surface area contributed by atoms with Crippen molar-refractivity contribution in [3.05, 3.63) is 58.9 Å². The van der Waals surface area contributed by atoms with Crippen LogP contribution in [0.3, 0.4) is 0 Å². The number of rotatable bonds is 1. The number of hydrogen-bond acceptors (Lipinski definition) is 4. The molecule has 0 radical (unpaired) electrons. The molecule has 0 fully saturated rings. The van der Waals surface area contributed by atoms with E-state index in [0.717, 1.165) is 5.56 Å². The van der Waals surface area contributed by atoms with Gasteiger partial charge in [0.2, 0.25) is 0 Å². The topological polar surface area (TPSA) is 44.8 Å². The van der Waals surface area contributed by atoms with Gasteiger partial charge in [-0.25, -0.2) is 4.39 Å². The lowest BCUT2D eigenvalue weighted by Crippen LogP contribution is -2.15. The minimum Gasteiger partial charge on any atom is -0.492 e. The largest absolute Gasteiger partial charge is 0.492 e. The third-order valence-electron chi connectivity index (χ3n) is 4.01. The Labute approximate surface area is 138 Å². The summed E-state index contributed by atoms with van der Waals surface area (Å²) in [5.74, 6) is 1.13. The summed E-state index contributed by atoms with van der Waals surface area (Å²) in [4.78, 5) is 12.7. The predicted molar refractivity (Wildman–Crippen MR) is 86.3 cm³/mol. The fraction of sp³-hybridized carbons (Fsp3) is 0.211. The highest BCUT2D eigenvalue weighted by atomic mass is 19.1. The zero-order valence-corrected chi connectivity index (χ0v) is 12.9. The Kier molecular flexibility index (Phi) is 3.69. The highest BCUT2D eigenvalue weighted by Gasteiger charge is 2.22. The highest BCUT2D eigenvalue weighted by Crippen LogP contribution is 2.33. The van der Waals surface area contributed by atoms with Crippen molar-refractivity contribution in [2.75, 3.05) is 19.8 Å². The van der Waals surface area contributed by atoms with Crippen LogP contribution < -0.4 is 14.2 Å². The van der Waals surface area contributed by atoms with E-state index in [-0.39, 0.29) is 11.3 Å². The minimum absolute atomic E-state index is 0.211. The standard InChI is InChI=1S/C19H15FO4/c20-14-2-4-16-15(11-14)19(21)13(5-6-22-16)9-12-1-3-17-18(10-12)24-8-7-23-17/h1-4,9-11H,5-8H2/b13-9-. The van der Waals surface area contributed by atoms with Gasteiger partial charge >= 0.3 is 0 Å². The number of carbonyl (C=O) groups is 1. The lowest BCUT2D eigenvalue weighted by molar-refractivity contribution is 0.103. The van der Waals surface area contributed by atoms with Crippen LogP contribution in [0.25, 0.3) is 6.08 Å². The van der Waals surface area contributed by atoms with Crippen molar-refractivity contribution in [2.24, 2.45) is 0 Å². The van der Waals surface area contributed by atoms with Gasteiger partial charge < -0.3 is 14.2 Å². The molecule has 0 saturated carbocycles. The van der Waals surface area contributed by atoms with Gasteiger partial charge in [-0.15, -0.1) is 0 Å². The van der Waals surface area contributed by atoms with Gasteiger partial charge in [0.05, 0.1) is 12.2 Å². The highest BCUT2D eigenvalue weighted by molar-refractivity contribution is 6.13. The van der Waals surface area contributed by atoms with Gasteiger partial charge in [0.1, 0.15) is 24.8 Å². The number of benzene rings is 2. The first-order valence-corrected chi connectivity index (χ1v) is 7.78. The van der Waals surface area contributed by atoms with Crippen LogP contribution in [0, 0.1) is 5.82 Å². The first-order chi connectivity index (χ1) is 11.7. The zero-order valence-electron chi connectivity index (χ0n) is 12.9. The second-order valence-electron chi connectivity index (χ2n) is 5.64. The maximum atomic E-state index is 13.5. The van der Waals surface area contributed by atoms with E-state index >= 15 is 0 Å². The molecule has 0 bridgehead atoms. The van der Waals surface area contributed by atoms with Gasteiger partial charge in [0.15, 0.2) is 17.3 Å². The smallest absolute Gasteiger partial charge is 0.192 e. The van der Waals surface area contributed by atoms with Crippen molar-refractivity contribution in [1.29, 1.82) is 0 Å². The van der Waals surface area contributed by atoms with Crippen LogP contribution in [0.1, 0.15) is 22.3 Å². The molecule has 2 aliphatic rings. The van der Waals surface area contributed by atoms with Crippen molar-refractivity contribution in [3.63, 3.8) is 0 Å². The van der Waals surface area contributed by atoms with E-state index in [1.165, 1.54) is 18.2 Å². The van der Waals surface area contributed by atoms with Crippen molar-refractivity contribution in [1.82, 2.24) is 0 Å². The van der Waals surface area contributed by atoms with Gasteiger partial charge in [-0.05, 0) is 42.0 Å². The SMILES string of the molecule is O=C1/C(=C\c2ccc3c(c2)OCCO3)CCOc2ccc(F)cc21. The van der Waals surface area contributed by atoms with E-state index in [2.05, 4.69) is 0 Å². The molecule has 0 unspecified atom stereocenters. The Morgan fingerprint density at radius 1 is 0.875 bits per heavy atom. The summed E-state index contributed by atoms with van der Waals surface area (Å²) in [6, 6.07) is 9.54. The molecule has 2 aliphatic heterocycles. The predicted octanol–water partition coefficient (Wildman–Crippen LogP) is 3.65. The van der Waals surface area contributed by atoms with Gasteiger partial charge in [0.25, 0.3) is 0 Å². The molecule has 0 N–H and O–H groups in total. The van der Waals surface area contributed by atoms with Crippen LogP contribution >= 0.6 is 0 Å². The number of fused-ring (bicyclic) bond motifs is 2. The Morgan fingerprint density at radius 2 is 1.62 bits per heavy atom. The molecule has 0 aliphatic carbocycles. The number of halogens is 1. The van der Waals surface area contributed by atoms with Gasteiger partial charge in [-0.2, -0.15) is 0 Å². The zero-order chi connectivity index (χ0) is 16.5. The van der Waals surface area contributed by atoms with E-state index in [0.29, 0.717) is 49.1 Å². The molecular formula is C19H15FO4. The van der Waals surface area contributed by atoms with Crippen LogP contribution in [-0.2, 0) is 0 Å². The molecule has 0 atom stereocenters. The summed E-state index contributed by atoms with van der Waals surface area (Å²) in [5, 5.41) is 0. The molecule has 0 amide bonds. The fourth-order valence-corrected chi connectivity index (χ4v) is 2.85. The van der Waals surface area contributed by atoms with Gasteiger partial charge in [-0.3, -0.25) is 4.79 Å². The van der Waals surface area contributed by atoms with Crippen molar-refractivity contribution in [3.8, 4) is 17.2 Å². The molecular weight excluding hydrogens is 311 g/mol. The van der Waals surface area contributed by atoms with Gasteiger partial charge in [-0.1, -0.05) is 6.07 Å². The first-order valence-electron chi connectivity index (χ1n) is 7.78. The summed E-state index contributed by atoms with van der Waals surface area (Å²) >= 11 is 0. The van der Waals surface area contributed by atoms with Crippen LogP contribution in [-0.4, -0.2) is 25.6 Å². The number of hydrogen-bond donors (Lipinski definition) is 0. The third-order valence-corrected chi connectivity index (χ3v) is 4.01. The Morgan fingerprint density at radius 3 is 2.50 bits per heavy atom. The molecule has 5 heteroatoms. The molecule has 24 heavy (non-hydrogen) atoms. The normalized spacial score (nSPS) is 17.9. The van der Waals surface area contributed by atoms with Crippen LogP contribution in [0.5, 0.6) is 17.2 Å². The quantitative estimate of drug-likeness (QED) is 0.751. The van der Waals surface area contributed by atoms with Gasteiger partial charge in [0, 0.05) is 12.0 Å². The van der Waals surface area contributed by atoms with Crippen LogP contribution in [0.15, 0.2) is 42.0 Å². The summed E-state index contributed by atoms with van der Waals surface area (Å²) < 4.78 is 30.1. The molecule has 4 nitrogen and oxygen atoms in total. The van der Waals surface area contributed by atoms with E-state index in [4.69, 9.17) is 14.2 Å². The Bertz CT molecular complexity index is 841. The molecule has 2 aromatic carbocycles. The molecule has 2 aromatic rings. The maximum Gasteiger partial charge on any atom is 0.192 e. The number of ketones is 1. The number of ether oxygens (including phenoxy) is 3. The average Bonchev–Trinajstić information content (AvgIpc) is 2.75. The van der Waals surface area contributed by atoms with Crippen LogP contribution in [0.2, 0.25) is 0 Å². The summed E-state index contributed by atoms with van der Waals surface area (Å²) in [6.07, 6.45) is 2.26. The molecule has 122 valence electrons.